The number of carbonyl (C=O) groups excluding carboxylic acids is 2. The maximum Gasteiger partial charge on any atom is 0.410 e. The number of hydrogen-bond donors (Lipinski definition) is 0. The maximum atomic E-state index is 12.1. The molecule has 1 rings (SSSR count). The Morgan fingerprint density at radius 2 is 1.70 bits per heavy atom. The van der Waals surface area contributed by atoms with Gasteiger partial charge in [0.25, 0.3) is 0 Å². The summed E-state index contributed by atoms with van der Waals surface area (Å²) in [5, 5.41) is 8.61. The summed E-state index contributed by atoms with van der Waals surface area (Å²) in [6.45, 7) is 10.1. The molecule has 0 bridgehead atoms. The first-order valence-electron chi connectivity index (χ1n) is 6.81. The van der Waals surface area contributed by atoms with Crippen molar-refractivity contribution in [2.75, 3.05) is 13.1 Å². The Morgan fingerprint density at radius 3 is 2.20 bits per heavy atom. The van der Waals surface area contributed by atoms with Gasteiger partial charge in [-0.1, -0.05) is 0 Å². The van der Waals surface area contributed by atoms with Gasteiger partial charge in [0.05, 0.1) is 6.07 Å². The molecule has 6 nitrogen and oxygen atoms in total. The van der Waals surface area contributed by atoms with Crippen molar-refractivity contribution in [3.8, 4) is 6.07 Å². The molecule has 20 heavy (non-hydrogen) atoms. The predicted octanol–water partition coefficient (Wildman–Crippen LogP) is 1.76. The van der Waals surface area contributed by atoms with E-state index >= 15 is 0 Å². The van der Waals surface area contributed by atoms with Gasteiger partial charge in [-0.05, 0) is 34.6 Å². The molecule has 2 atom stereocenters. The van der Waals surface area contributed by atoms with E-state index in [1.54, 1.807) is 9.80 Å². The van der Waals surface area contributed by atoms with Crippen molar-refractivity contribution in [1.29, 1.82) is 5.26 Å². The Bertz CT molecular complexity index is 422. The second-order valence-corrected chi connectivity index (χ2v) is 6.21. The Hall–Kier alpha value is -1.77. The van der Waals surface area contributed by atoms with Crippen LogP contribution >= 0.6 is 0 Å². The lowest BCUT2D eigenvalue weighted by atomic mass is 10.1. The third-order valence-corrected chi connectivity index (χ3v) is 3.16. The molecule has 0 aromatic rings. The first-order chi connectivity index (χ1) is 9.15. The molecular weight excluding hydrogens is 258 g/mol. The van der Waals surface area contributed by atoms with Gasteiger partial charge in [-0.15, -0.1) is 0 Å². The summed E-state index contributed by atoms with van der Waals surface area (Å²) >= 11 is 0. The third kappa shape index (κ3) is 4.12. The van der Waals surface area contributed by atoms with Gasteiger partial charge in [0.15, 0.2) is 0 Å². The van der Waals surface area contributed by atoms with Crippen molar-refractivity contribution in [2.24, 2.45) is 0 Å². The molecule has 1 fully saturated rings. The Balaban J connectivity index is 2.71. The SMILES string of the molecule is C[C@@H]1CN(C(=O)OC(C)(C)C)[C@@H](C)CN1C(=O)CC#N. The molecule has 1 saturated heterocycles. The average molecular weight is 281 g/mol. The molecule has 0 radical (unpaired) electrons. The van der Waals surface area contributed by atoms with Crippen LogP contribution in [0, 0.1) is 11.3 Å². The van der Waals surface area contributed by atoms with Gasteiger partial charge < -0.3 is 14.5 Å². The maximum absolute atomic E-state index is 12.1. The summed E-state index contributed by atoms with van der Waals surface area (Å²) in [7, 11) is 0. The lowest BCUT2D eigenvalue weighted by molar-refractivity contribution is -0.136. The van der Waals surface area contributed by atoms with Crippen LogP contribution in [0.2, 0.25) is 0 Å². The van der Waals surface area contributed by atoms with Gasteiger partial charge in [0.1, 0.15) is 12.0 Å². The molecule has 0 aromatic carbocycles. The minimum Gasteiger partial charge on any atom is -0.444 e. The van der Waals surface area contributed by atoms with E-state index in [2.05, 4.69) is 0 Å². The van der Waals surface area contributed by atoms with E-state index in [0.29, 0.717) is 13.1 Å². The quantitative estimate of drug-likeness (QED) is 0.734. The van der Waals surface area contributed by atoms with Crippen molar-refractivity contribution >= 4 is 12.0 Å². The van der Waals surface area contributed by atoms with Crippen molar-refractivity contribution in [1.82, 2.24) is 9.80 Å². The molecular formula is C14H23N3O3. The number of piperazine rings is 1. The Kier molecular flexibility index (Phi) is 4.98. The van der Waals surface area contributed by atoms with Crippen LogP contribution in [0.1, 0.15) is 41.0 Å². The van der Waals surface area contributed by atoms with E-state index in [4.69, 9.17) is 10.00 Å². The lowest BCUT2D eigenvalue weighted by Crippen LogP contribution is -2.60. The highest BCUT2D eigenvalue weighted by Gasteiger charge is 2.36. The molecule has 0 aliphatic carbocycles. The molecule has 0 N–H and O–H groups in total. The van der Waals surface area contributed by atoms with Crippen LogP contribution in [0.3, 0.4) is 0 Å². The molecule has 112 valence electrons. The molecule has 0 unspecified atom stereocenters. The summed E-state index contributed by atoms with van der Waals surface area (Å²) < 4.78 is 5.37. The van der Waals surface area contributed by atoms with Gasteiger partial charge >= 0.3 is 6.09 Å². The van der Waals surface area contributed by atoms with Gasteiger partial charge in [-0.3, -0.25) is 4.79 Å². The number of amides is 2. The van der Waals surface area contributed by atoms with E-state index in [1.165, 1.54) is 0 Å². The minimum atomic E-state index is -0.534. The van der Waals surface area contributed by atoms with E-state index in [9.17, 15) is 9.59 Å². The van der Waals surface area contributed by atoms with Crippen LogP contribution < -0.4 is 0 Å². The number of nitrogens with zero attached hydrogens (tertiary/aromatic N) is 3. The molecule has 1 aliphatic heterocycles. The number of nitriles is 1. The number of ether oxygens (including phenoxy) is 1. The zero-order valence-corrected chi connectivity index (χ0v) is 12.8. The van der Waals surface area contributed by atoms with Gasteiger partial charge in [-0.2, -0.15) is 5.26 Å². The van der Waals surface area contributed by atoms with Crippen LogP contribution in [-0.2, 0) is 9.53 Å². The second kappa shape index (κ2) is 6.12. The summed E-state index contributed by atoms with van der Waals surface area (Å²) in [6, 6.07) is 1.64. The number of rotatable bonds is 1. The van der Waals surface area contributed by atoms with Crippen LogP contribution in [0.15, 0.2) is 0 Å². The molecule has 1 heterocycles. The van der Waals surface area contributed by atoms with Crippen molar-refractivity contribution in [3.05, 3.63) is 0 Å². The topological polar surface area (TPSA) is 73.6 Å². The zero-order chi connectivity index (χ0) is 15.5. The van der Waals surface area contributed by atoms with E-state index in [0.717, 1.165) is 0 Å². The van der Waals surface area contributed by atoms with Crippen molar-refractivity contribution in [3.63, 3.8) is 0 Å². The Labute approximate surface area is 120 Å². The van der Waals surface area contributed by atoms with Crippen LogP contribution in [-0.4, -0.2) is 52.6 Å². The largest absolute Gasteiger partial charge is 0.444 e. The zero-order valence-electron chi connectivity index (χ0n) is 12.8. The van der Waals surface area contributed by atoms with Crippen LogP contribution in [0.25, 0.3) is 0 Å². The predicted molar refractivity (Wildman–Crippen MR) is 73.8 cm³/mol. The van der Waals surface area contributed by atoms with E-state index < -0.39 is 5.60 Å². The molecule has 0 saturated carbocycles. The first-order valence-corrected chi connectivity index (χ1v) is 6.81. The third-order valence-electron chi connectivity index (χ3n) is 3.16. The Morgan fingerprint density at radius 1 is 1.20 bits per heavy atom. The van der Waals surface area contributed by atoms with E-state index in [1.807, 2.05) is 40.7 Å². The van der Waals surface area contributed by atoms with Gasteiger partial charge in [0.2, 0.25) is 5.91 Å². The molecule has 1 aliphatic rings. The second-order valence-electron chi connectivity index (χ2n) is 6.21. The van der Waals surface area contributed by atoms with Crippen LogP contribution in [0.5, 0.6) is 0 Å². The summed E-state index contributed by atoms with van der Waals surface area (Å²) in [4.78, 5) is 27.3. The standard InChI is InChI=1S/C14H23N3O3/c1-10-9-17(13(19)20-14(3,4)5)11(2)8-16(10)12(18)6-7-15/h10-11H,6,8-9H2,1-5H3/t10-,11+/m1/s1. The number of hydrogen-bond acceptors (Lipinski definition) is 4. The van der Waals surface area contributed by atoms with E-state index in [-0.39, 0.29) is 30.5 Å². The molecule has 0 spiro atoms. The summed E-state index contributed by atoms with van der Waals surface area (Å²) in [5.74, 6) is -0.185. The highest BCUT2D eigenvalue weighted by Crippen LogP contribution is 2.19. The van der Waals surface area contributed by atoms with Gasteiger partial charge in [0, 0.05) is 25.2 Å². The molecule has 2 amide bonds. The summed E-state index contributed by atoms with van der Waals surface area (Å²) in [5.41, 5.74) is -0.534. The fourth-order valence-corrected chi connectivity index (χ4v) is 2.22. The first kappa shape index (κ1) is 16.3. The highest BCUT2D eigenvalue weighted by atomic mass is 16.6. The van der Waals surface area contributed by atoms with Crippen molar-refractivity contribution in [2.45, 2.75) is 58.7 Å². The fraction of sp³-hybridized carbons (Fsp3) is 0.786. The average Bonchev–Trinajstić information content (AvgIpc) is 2.29. The van der Waals surface area contributed by atoms with Crippen molar-refractivity contribution < 1.29 is 14.3 Å². The lowest BCUT2D eigenvalue weighted by Gasteiger charge is -2.44. The minimum absolute atomic E-state index is 0.112. The smallest absolute Gasteiger partial charge is 0.410 e. The van der Waals surface area contributed by atoms with Gasteiger partial charge in [-0.25, -0.2) is 4.79 Å². The fourth-order valence-electron chi connectivity index (χ4n) is 2.22. The monoisotopic (exact) mass is 281 g/mol. The van der Waals surface area contributed by atoms with Crippen LogP contribution in [0.4, 0.5) is 4.79 Å². The number of carbonyl (C=O) groups is 2. The summed E-state index contributed by atoms with van der Waals surface area (Å²) in [6.07, 6.45) is -0.479. The normalized spacial score (nSPS) is 23.2. The highest BCUT2D eigenvalue weighted by molar-refractivity contribution is 5.79. The molecule has 0 aromatic heterocycles. The molecule has 6 heteroatoms.